The minimum absolute atomic E-state index is 0.00227. The van der Waals surface area contributed by atoms with Crippen molar-refractivity contribution in [2.24, 2.45) is 0 Å². The van der Waals surface area contributed by atoms with Gasteiger partial charge < -0.3 is 13.7 Å². The summed E-state index contributed by atoms with van der Waals surface area (Å²) in [6.45, 7) is 8.18. The standard InChI is InChI=1S/C35H27NO3/c1-20-21(2)23(4)34-32(22(20)3)33(37)28-18-27-26-16-11-17-29(35(26)39-30(27)19-31(28)38-34)36(24-12-7-5-8-13-24)25-14-9-6-10-15-25/h5-19H,1-4H3. The maximum Gasteiger partial charge on any atom is 0.200 e. The second-order valence-electron chi connectivity index (χ2n) is 10.2. The second-order valence-corrected chi connectivity index (χ2v) is 10.2. The molecule has 0 aliphatic carbocycles. The predicted molar refractivity (Wildman–Crippen MR) is 161 cm³/mol. The topological polar surface area (TPSA) is 46.6 Å². The molecule has 4 nitrogen and oxygen atoms in total. The van der Waals surface area contributed by atoms with Crippen LogP contribution >= 0.6 is 0 Å². The number of rotatable bonds is 3. The van der Waals surface area contributed by atoms with Gasteiger partial charge in [-0.25, -0.2) is 0 Å². The molecule has 4 heteroatoms. The molecule has 39 heavy (non-hydrogen) atoms. The van der Waals surface area contributed by atoms with E-state index in [1.807, 2.05) is 68.4 Å². The summed E-state index contributed by atoms with van der Waals surface area (Å²) in [5, 5.41) is 3.08. The number of benzene rings is 5. The van der Waals surface area contributed by atoms with Gasteiger partial charge in [0.05, 0.1) is 16.5 Å². The Morgan fingerprint density at radius 3 is 1.79 bits per heavy atom. The van der Waals surface area contributed by atoms with E-state index in [-0.39, 0.29) is 5.43 Å². The molecule has 0 radical (unpaired) electrons. The molecular weight excluding hydrogens is 482 g/mol. The van der Waals surface area contributed by atoms with Crippen LogP contribution in [0.1, 0.15) is 22.3 Å². The van der Waals surface area contributed by atoms with Crippen molar-refractivity contribution in [2.75, 3.05) is 4.90 Å². The van der Waals surface area contributed by atoms with Crippen molar-refractivity contribution in [1.82, 2.24) is 0 Å². The lowest BCUT2D eigenvalue weighted by molar-refractivity contribution is 0.647. The Kier molecular flexibility index (Phi) is 5.14. The predicted octanol–water partition coefficient (Wildman–Crippen LogP) is 9.55. The van der Waals surface area contributed by atoms with Crippen molar-refractivity contribution in [1.29, 1.82) is 0 Å². The van der Waals surface area contributed by atoms with Gasteiger partial charge >= 0.3 is 0 Å². The first-order chi connectivity index (χ1) is 18.9. The Bertz CT molecular complexity index is 2080. The van der Waals surface area contributed by atoms with E-state index in [2.05, 4.69) is 55.1 Å². The third kappa shape index (κ3) is 3.41. The van der Waals surface area contributed by atoms with Gasteiger partial charge in [0.1, 0.15) is 16.7 Å². The van der Waals surface area contributed by atoms with Crippen molar-refractivity contribution in [3.8, 4) is 0 Å². The van der Waals surface area contributed by atoms with Gasteiger partial charge in [0.15, 0.2) is 5.58 Å². The second kappa shape index (κ2) is 8.60. The molecule has 0 saturated heterocycles. The van der Waals surface area contributed by atoms with Crippen LogP contribution in [0.4, 0.5) is 17.1 Å². The number of anilines is 3. The fourth-order valence-electron chi connectivity index (χ4n) is 5.75. The third-order valence-electron chi connectivity index (χ3n) is 8.16. The summed E-state index contributed by atoms with van der Waals surface area (Å²) in [4.78, 5) is 16.1. The van der Waals surface area contributed by atoms with Crippen molar-refractivity contribution in [2.45, 2.75) is 27.7 Å². The van der Waals surface area contributed by atoms with E-state index in [0.717, 1.165) is 55.7 Å². The molecule has 0 aliphatic heterocycles. The number of hydrogen-bond acceptors (Lipinski definition) is 4. The summed E-state index contributed by atoms with van der Waals surface area (Å²) in [6, 6.07) is 30.5. The van der Waals surface area contributed by atoms with E-state index in [9.17, 15) is 4.79 Å². The van der Waals surface area contributed by atoms with E-state index in [1.54, 1.807) is 0 Å². The largest absolute Gasteiger partial charge is 0.455 e. The molecule has 2 aromatic heterocycles. The highest BCUT2D eigenvalue weighted by Gasteiger charge is 2.21. The minimum atomic E-state index is -0.00227. The van der Waals surface area contributed by atoms with Crippen LogP contribution in [0, 0.1) is 27.7 Å². The number of hydrogen-bond donors (Lipinski definition) is 0. The first-order valence-electron chi connectivity index (χ1n) is 13.2. The molecule has 0 amide bonds. The van der Waals surface area contributed by atoms with Gasteiger partial charge in [-0.2, -0.15) is 0 Å². The number of para-hydroxylation sites is 3. The molecule has 7 aromatic rings. The van der Waals surface area contributed by atoms with E-state index in [0.29, 0.717) is 27.5 Å². The average Bonchev–Trinajstić information content (AvgIpc) is 3.33. The molecule has 0 spiro atoms. The maximum absolute atomic E-state index is 13.9. The van der Waals surface area contributed by atoms with Crippen LogP contribution in [0.2, 0.25) is 0 Å². The van der Waals surface area contributed by atoms with Crippen LogP contribution in [0.25, 0.3) is 43.9 Å². The summed E-state index contributed by atoms with van der Waals surface area (Å²) >= 11 is 0. The third-order valence-corrected chi connectivity index (χ3v) is 8.16. The fraction of sp³-hybridized carbons (Fsp3) is 0.114. The van der Waals surface area contributed by atoms with Gasteiger partial charge in [-0.3, -0.25) is 4.79 Å². The van der Waals surface area contributed by atoms with Gasteiger partial charge in [0.25, 0.3) is 0 Å². The van der Waals surface area contributed by atoms with Gasteiger partial charge in [-0.1, -0.05) is 48.5 Å². The molecule has 0 fully saturated rings. The van der Waals surface area contributed by atoms with Gasteiger partial charge in [0, 0.05) is 28.2 Å². The maximum atomic E-state index is 13.9. The molecule has 0 bridgehead atoms. The Morgan fingerprint density at radius 2 is 1.13 bits per heavy atom. The summed E-state index contributed by atoms with van der Waals surface area (Å²) in [7, 11) is 0. The lowest BCUT2D eigenvalue weighted by Gasteiger charge is -2.25. The van der Waals surface area contributed by atoms with E-state index in [4.69, 9.17) is 8.83 Å². The van der Waals surface area contributed by atoms with Crippen LogP contribution in [0.15, 0.2) is 105 Å². The first kappa shape index (κ1) is 23.3. The quantitative estimate of drug-likeness (QED) is 0.223. The number of fused-ring (bicyclic) bond motifs is 5. The first-order valence-corrected chi connectivity index (χ1v) is 13.2. The van der Waals surface area contributed by atoms with Crippen LogP contribution in [0.5, 0.6) is 0 Å². The normalized spacial score (nSPS) is 11.7. The summed E-state index contributed by atoms with van der Waals surface area (Å²) in [5.74, 6) is 0. The van der Waals surface area contributed by atoms with E-state index >= 15 is 0 Å². The van der Waals surface area contributed by atoms with Crippen molar-refractivity contribution in [3.05, 3.63) is 123 Å². The Balaban J connectivity index is 1.55. The van der Waals surface area contributed by atoms with Crippen molar-refractivity contribution in [3.63, 3.8) is 0 Å². The van der Waals surface area contributed by atoms with E-state index in [1.165, 1.54) is 0 Å². The van der Waals surface area contributed by atoms with Crippen LogP contribution in [0.3, 0.4) is 0 Å². The highest BCUT2D eigenvalue weighted by Crippen LogP contribution is 2.42. The minimum Gasteiger partial charge on any atom is -0.455 e. The molecule has 2 heterocycles. The molecule has 5 aromatic carbocycles. The highest BCUT2D eigenvalue weighted by molar-refractivity contribution is 6.13. The highest BCUT2D eigenvalue weighted by atomic mass is 16.3. The fourth-order valence-corrected chi connectivity index (χ4v) is 5.75. The van der Waals surface area contributed by atoms with Crippen LogP contribution in [-0.4, -0.2) is 0 Å². The Morgan fingerprint density at radius 1 is 0.538 bits per heavy atom. The zero-order valence-corrected chi connectivity index (χ0v) is 22.3. The smallest absolute Gasteiger partial charge is 0.200 e. The van der Waals surface area contributed by atoms with Crippen LogP contribution < -0.4 is 10.3 Å². The molecule has 0 aliphatic rings. The van der Waals surface area contributed by atoms with E-state index < -0.39 is 0 Å². The lowest BCUT2D eigenvalue weighted by Crippen LogP contribution is -2.09. The number of aryl methyl sites for hydroxylation is 2. The molecular formula is C35H27NO3. The Labute approximate surface area is 225 Å². The van der Waals surface area contributed by atoms with Gasteiger partial charge in [-0.15, -0.1) is 0 Å². The molecule has 7 rings (SSSR count). The SMILES string of the molecule is Cc1c(C)c(C)c2c(=O)c3cc4c(cc3oc2c1C)oc1c(N(c2ccccc2)c2ccccc2)cccc14. The molecule has 0 N–H and O–H groups in total. The lowest BCUT2D eigenvalue weighted by atomic mass is 9.94. The summed E-state index contributed by atoms with van der Waals surface area (Å²) in [5.41, 5.74) is 9.88. The zero-order chi connectivity index (χ0) is 26.8. The molecule has 0 unspecified atom stereocenters. The van der Waals surface area contributed by atoms with Gasteiger partial charge in [-0.05, 0) is 86.3 Å². The monoisotopic (exact) mass is 509 g/mol. The number of nitrogens with zero attached hydrogens (tertiary/aromatic N) is 1. The average molecular weight is 510 g/mol. The van der Waals surface area contributed by atoms with Crippen molar-refractivity contribution >= 4 is 60.9 Å². The zero-order valence-electron chi connectivity index (χ0n) is 22.3. The molecule has 0 saturated carbocycles. The number of furan rings is 1. The molecule has 0 atom stereocenters. The van der Waals surface area contributed by atoms with Gasteiger partial charge in [0.2, 0.25) is 5.43 Å². The molecule has 190 valence electrons. The summed E-state index contributed by atoms with van der Waals surface area (Å²) in [6.07, 6.45) is 0. The van der Waals surface area contributed by atoms with Crippen LogP contribution in [-0.2, 0) is 0 Å². The summed E-state index contributed by atoms with van der Waals surface area (Å²) < 4.78 is 13.0. The Hall–Kier alpha value is -4.83. The van der Waals surface area contributed by atoms with Crippen molar-refractivity contribution < 1.29 is 8.83 Å².